The molecular weight excluding hydrogens is 312 g/mol. The van der Waals surface area contributed by atoms with Crippen LogP contribution in [0.2, 0.25) is 0 Å². The molecular formula is C15H18N6O3. The van der Waals surface area contributed by atoms with Gasteiger partial charge < -0.3 is 14.3 Å². The van der Waals surface area contributed by atoms with Gasteiger partial charge in [0.05, 0.1) is 18.8 Å². The van der Waals surface area contributed by atoms with E-state index in [4.69, 9.17) is 4.52 Å². The van der Waals surface area contributed by atoms with Crippen LogP contribution in [0.1, 0.15) is 40.8 Å². The van der Waals surface area contributed by atoms with Gasteiger partial charge in [-0.15, -0.1) is 5.10 Å². The molecule has 0 atom stereocenters. The second-order valence-corrected chi connectivity index (χ2v) is 6.30. The molecule has 0 aliphatic carbocycles. The molecule has 2 aromatic heterocycles. The maximum Gasteiger partial charge on any atom is 0.276 e. The van der Waals surface area contributed by atoms with Gasteiger partial charge in [0.1, 0.15) is 11.5 Å². The van der Waals surface area contributed by atoms with Gasteiger partial charge in [-0.3, -0.25) is 9.59 Å². The Bertz CT molecular complexity index is 776. The fraction of sp³-hybridized carbons (Fsp3) is 0.533. The Balaban J connectivity index is 1.34. The Morgan fingerprint density at radius 2 is 2.25 bits per heavy atom. The first-order valence-corrected chi connectivity index (χ1v) is 8.01. The normalized spacial score (nSPS) is 18.3. The Morgan fingerprint density at radius 3 is 2.92 bits per heavy atom. The number of amides is 2. The number of carbonyl (C=O) groups excluding carboxylic acids is 2. The van der Waals surface area contributed by atoms with Gasteiger partial charge >= 0.3 is 0 Å². The number of aromatic nitrogens is 4. The molecule has 4 heterocycles. The average molecular weight is 330 g/mol. The van der Waals surface area contributed by atoms with E-state index in [9.17, 15) is 9.59 Å². The summed E-state index contributed by atoms with van der Waals surface area (Å²) in [6.45, 7) is 4.18. The lowest BCUT2D eigenvalue weighted by atomic mass is 10.1. The minimum atomic E-state index is -0.133. The molecule has 0 spiro atoms. The van der Waals surface area contributed by atoms with Gasteiger partial charge in [-0.2, -0.15) is 0 Å². The monoisotopic (exact) mass is 330 g/mol. The molecule has 2 aromatic rings. The lowest BCUT2D eigenvalue weighted by Gasteiger charge is -2.38. The molecule has 9 nitrogen and oxygen atoms in total. The van der Waals surface area contributed by atoms with Crippen LogP contribution < -0.4 is 0 Å². The molecule has 2 saturated heterocycles. The minimum Gasteiger partial charge on any atom is -0.361 e. The van der Waals surface area contributed by atoms with Crippen LogP contribution in [-0.4, -0.2) is 61.4 Å². The first kappa shape index (κ1) is 14.9. The lowest BCUT2D eigenvalue weighted by Crippen LogP contribution is -2.51. The number of hydrogen-bond acceptors (Lipinski definition) is 6. The number of rotatable bonds is 4. The van der Waals surface area contributed by atoms with Crippen molar-refractivity contribution in [3.8, 4) is 0 Å². The molecule has 0 bridgehead atoms. The second-order valence-electron chi connectivity index (χ2n) is 6.30. The van der Waals surface area contributed by atoms with E-state index in [1.54, 1.807) is 27.5 Å². The van der Waals surface area contributed by atoms with Crippen molar-refractivity contribution in [2.45, 2.75) is 32.4 Å². The van der Waals surface area contributed by atoms with Gasteiger partial charge in [0.2, 0.25) is 5.91 Å². The molecule has 0 aromatic carbocycles. The Labute approximate surface area is 138 Å². The minimum absolute atomic E-state index is 0.109. The maximum absolute atomic E-state index is 12.2. The van der Waals surface area contributed by atoms with Crippen molar-refractivity contribution in [2.24, 2.45) is 0 Å². The maximum atomic E-state index is 12.2. The molecule has 2 fully saturated rings. The predicted octanol–water partition coefficient (Wildman–Crippen LogP) is 0.394. The molecule has 0 saturated carbocycles. The van der Waals surface area contributed by atoms with Gasteiger partial charge in [0, 0.05) is 32.1 Å². The van der Waals surface area contributed by atoms with Crippen molar-refractivity contribution in [1.29, 1.82) is 0 Å². The van der Waals surface area contributed by atoms with E-state index >= 15 is 0 Å². The number of likely N-dealkylation sites (tertiary alicyclic amines) is 2. The van der Waals surface area contributed by atoms with Crippen LogP contribution in [0.4, 0.5) is 0 Å². The summed E-state index contributed by atoms with van der Waals surface area (Å²) in [6.07, 6.45) is 3.39. The second kappa shape index (κ2) is 5.73. The standard InChI is InChI=1S/C15H18N6O3/c1-10-5-13(17-24-10)15(23)20-8-12(9-20)21-7-11(16-18-21)6-19-4-2-3-14(19)22/h5,7,12H,2-4,6,8-9H2,1H3. The number of hydrogen-bond donors (Lipinski definition) is 0. The third-order valence-corrected chi connectivity index (χ3v) is 4.45. The van der Waals surface area contributed by atoms with E-state index in [0.717, 1.165) is 18.7 Å². The number of nitrogens with zero attached hydrogens (tertiary/aromatic N) is 6. The first-order chi connectivity index (χ1) is 11.6. The molecule has 2 aliphatic heterocycles. The van der Waals surface area contributed by atoms with E-state index in [2.05, 4.69) is 15.5 Å². The molecule has 24 heavy (non-hydrogen) atoms. The summed E-state index contributed by atoms with van der Waals surface area (Å²) in [6, 6.07) is 1.74. The van der Waals surface area contributed by atoms with E-state index in [0.29, 0.717) is 37.5 Å². The van der Waals surface area contributed by atoms with E-state index in [1.807, 2.05) is 6.20 Å². The van der Waals surface area contributed by atoms with Crippen LogP contribution >= 0.6 is 0 Å². The van der Waals surface area contributed by atoms with Gasteiger partial charge in [-0.1, -0.05) is 10.4 Å². The van der Waals surface area contributed by atoms with Gasteiger partial charge in [0.15, 0.2) is 5.69 Å². The molecule has 0 N–H and O–H groups in total. The summed E-state index contributed by atoms with van der Waals surface area (Å²) in [7, 11) is 0. The highest BCUT2D eigenvalue weighted by atomic mass is 16.5. The highest BCUT2D eigenvalue weighted by Crippen LogP contribution is 2.23. The molecule has 126 valence electrons. The molecule has 0 unspecified atom stereocenters. The first-order valence-electron chi connectivity index (χ1n) is 8.01. The van der Waals surface area contributed by atoms with Crippen LogP contribution in [0.15, 0.2) is 16.8 Å². The zero-order chi connectivity index (χ0) is 16.7. The fourth-order valence-electron chi connectivity index (χ4n) is 3.05. The summed E-state index contributed by atoms with van der Waals surface area (Å²) in [5, 5.41) is 12.0. The van der Waals surface area contributed by atoms with Crippen molar-refractivity contribution in [3.05, 3.63) is 29.4 Å². The largest absolute Gasteiger partial charge is 0.361 e. The van der Waals surface area contributed by atoms with Crippen LogP contribution in [-0.2, 0) is 11.3 Å². The summed E-state index contributed by atoms with van der Waals surface area (Å²) in [4.78, 5) is 27.4. The van der Waals surface area contributed by atoms with Gasteiger partial charge in [-0.05, 0) is 13.3 Å². The van der Waals surface area contributed by atoms with Crippen molar-refractivity contribution in [3.63, 3.8) is 0 Å². The smallest absolute Gasteiger partial charge is 0.276 e. The van der Waals surface area contributed by atoms with Gasteiger partial charge in [0.25, 0.3) is 5.91 Å². The zero-order valence-corrected chi connectivity index (χ0v) is 13.4. The van der Waals surface area contributed by atoms with E-state index in [1.165, 1.54) is 0 Å². The highest BCUT2D eigenvalue weighted by Gasteiger charge is 2.34. The van der Waals surface area contributed by atoms with Crippen molar-refractivity contribution in [2.75, 3.05) is 19.6 Å². The fourth-order valence-corrected chi connectivity index (χ4v) is 3.05. The Morgan fingerprint density at radius 1 is 1.42 bits per heavy atom. The molecule has 2 amide bonds. The van der Waals surface area contributed by atoms with Crippen LogP contribution in [0.5, 0.6) is 0 Å². The lowest BCUT2D eigenvalue weighted by molar-refractivity contribution is -0.128. The quantitative estimate of drug-likeness (QED) is 0.804. The van der Waals surface area contributed by atoms with Crippen LogP contribution in [0, 0.1) is 6.92 Å². The van der Waals surface area contributed by atoms with Crippen LogP contribution in [0.3, 0.4) is 0 Å². The Kier molecular flexibility index (Phi) is 3.55. The molecule has 0 radical (unpaired) electrons. The van der Waals surface area contributed by atoms with Crippen molar-refractivity contribution in [1.82, 2.24) is 30.0 Å². The summed E-state index contributed by atoms with van der Waals surface area (Å²) >= 11 is 0. The molecule has 9 heteroatoms. The summed E-state index contributed by atoms with van der Waals surface area (Å²) < 4.78 is 6.71. The summed E-state index contributed by atoms with van der Waals surface area (Å²) in [5.74, 6) is 0.659. The zero-order valence-electron chi connectivity index (χ0n) is 13.4. The van der Waals surface area contributed by atoms with Gasteiger partial charge in [-0.25, -0.2) is 4.68 Å². The number of aryl methyl sites for hydroxylation is 1. The molecule has 2 aliphatic rings. The van der Waals surface area contributed by atoms with Crippen LogP contribution in [0.25, 0.3) is 0 Å². The SMILES string of the molecule is Cc1cc(C(=O)N2CC(n3cc(CN4CCCC4=O)nn3)C2)no1. The predicted molar refractivity (Wildman–Crippen MR) is 80.9 cm³/mol. The molecule has 4 rings (SSSR count). The summed E-state index contributed by atoms with van der Waals surface area (Å²) in [5.41, 5.74) is 1.11. The van der Waals surface area contributed by atoms with Crippen molar-refractivity contribution >= 4 is 11.8 Å². The Hall–Kier alpha value is -2.71. The van der Waals surface area contributed by atoms with Crippen molar-refractivity contribution < 1.29 is 14.1 Å². The number of carbonyl (C=O) groups is 2. The third-order valence-electron chi connectivity index (χ3n) is 4.45. The average Bonchev–Trinajstić information content (AvgIpc) is 3.22. The van der Waals surface area contributed by atoms with E-state index in [-0.39, 0.29) is 17.9 Å². The third kappa shape index (κ3) is 2.66. The van der Waals surface area contributed by atoms with E-state index < -0.39 is 0 Å². The highest BCUT2D eigenvalue weighted by molar-refractivity contribution is 5.92. The topological polar surface area (TPSA) is 97.4 Å².